The molecular weight excluding hydrogens is 402 g/mol. The zero-order valence-corrected chi connectivity index (χ0v) is 18.5. The van der Waals surface area contributed by atoms with Gasteiger partial charge in [0.1, 0.15) is 17.9 Å². The van der Waals surface area contributed by atoms with Crippen molar-refractivity contribution in [3.8, 4) is 11.3 Å². The predicted octanol–water partition coefficient (Wildman–Crippen LogP) is 3.96. The van der Waals surface area contributed by atoms with Crippen LogP contribution in [-0.2, 0) is 24.8 Å². The van der Waals surface area contributed by atoms with Crippen LogP contribution < -0.4 is 0 Å². The fraction of sp³-hybridized carbons (Fsp3) is 0.360. The van der Waals surface area contributed by atoms with Gasteiger partial charge in [-0.2, -0.15) is 0 Å². The molecular formula is C25H27N5O2. The summed E-state index contributed by atoms with van der Waals surface area (Å²) in [4.78, 5) is 28.4. The first-order valence-corrected chi connectivity index (χ1v) is 11.1. The number of aromatic nitrogens is 4. The van der Waals surface area contributed by atoms with Gasteiger partial charge in [-0.25, -0.2) is 9.97 Å². The SMILES string of the molecule is Cc1ncc(-c2ccc3cnc(CC(=O)C4CCN(Cc5ncco5)CC4)cc3c2)n1C. The maximum absolute atomic E-state index is 13.0. The minimum absolute atomic E-state index is 0.0945. The Morgan fingerprint density at radius 2 is 1.94 bits per heavy atom. The van der Waals surface area contributed by atoms with Crippen LogP contribution in [0.25, 0.3) is 22.0 Å². The highest BCUT2D eigenvalue weighted by molar-refractivity contribution is 5.88. The number of pyridine rings is 1. The van der Waals surface area contributed by atoms with Gasteiger partial charge in [0, 0.05) is 42.2 Å². The lowest BCUT2D eigenvalue weighted by atomic mass is 9.90. The van der Waals surface area contributed by atoms with Crippen LogP contribution in [0.3, 0.4) is 0 Å². The van der Waals surface area contributed by atoms with Gasteiger partial charge in [0.15, 0.2) is 0 Å². The van der Waals surface area contributed by atoms with E-state index >= 15 is 0 Å². The Hall–Kier alpha value is -3.32. The molecule has 0 aliphatic carbocycles. The van der Waals surface area contributed by atoms with Crippen molar-refractivity contribution in [1.29, 1.82) is 0 Å². The Kier molecular flexibility index (Phi) is 5.57. The normalized spacial score (nSPS) is 15.4. The van der Waals surface area contributed by atoms with Gasteiger partial charge in [-0.15, -0.1) is 0 Å². The summed E-state index contributed by atoms with van der Waals surface area (Å²) in [6.45, 7) is 4.48. The Balaban J connectivity index is 1.25. The van der Waals surface area contributed by atoms with Crippen molar-refractivity contribution in [2.24, 2.45) is 13.0 Å². The van der Waals surface area contributed by atoms with Gasteiger partial charge >= 0.3 is 0 Å². The van der Waals surface area contributed by atoms with E-state index in [9.17, 15) is 4.79 Å². The highest BCUT2D eigenvalue weighted by atomic mass is 16.3. The van der Waals surface area contributed by atoms with Gasteiger partial charge in [0.25, 0.3) is 0 Å². The molecule has 4 heterocycles. The molecule has 5 rings (SSSR count). The Morgan fingerprint density at radius 3 is 2.66 bits per heavy atom. The largest absolute Gasteiger partial charge is 0.448 e. The van der Waals surface area contributed by atoms with Crippen molar-refractivity contribution in [2.75, 3.05) is 13.1 Å². The smallest absolute Gasteiger partial charge is 0.208 e. The molecule has 0 unspecified atom stereocenters. The van der Waals surface area contributed by atoms with Gasteiger partial charge in [-0.1, -0.05) is 12.1 Å². The van der Waals surface area contributed by atoms with E-state index in [1.54, 1.807) is 12.5 Å². The van der Waals surface area contributed by atoms with E-state index in [0.717, 1.165) is 65.4 Å². The number of carbonyl (C=O) groups is 1. The molecule has 164 valence electrons. The summed E-state index contributed by atoms with van der Waals surface area (Å²) in [5.41, 5.74) is 3.03. The summed E-state index contributed by atoms with van der Waals surface area (Å²) in [5, 5.41) is 2.17. The quantitative estimate of drug-likeness (QED) is 0.462. The van der Waals surface area contributed by atoms with Crippen LogP contribution in [0.4, 0.5) is 0 Å². The van der Waals surface area contributed by atoms with E-state index in [0.29, 0.717) is 13.0 Å². The average molecular weight is 430 g/mol. The van der Waals surface area contributed by atoms with E-state index in [-0.39, 0.29) is 11.7 Å². The lowest BCUT2D eigenvalue weighted by molar-refractivity contribution is -0.123. The minimum atomic E-state index is 0.0945. The number of likely N-dealkylation sites (tertiary alicyclic amines) is 1. The van der Waals surface area contributed by atoms with Crippen LogP contribution in [0.5, 0.6) is 0 Å². The molecule has 1 aromatic carbocycles. The van der Waals surface area contributed by atoms with E-state index in [4.69, 9.17) is 4.42 Å². The molecule has 3 aromatic heterocycles. The van der Waals surface area contributed by atoms with E-state index in [1.165, 1.54) is 0 Å². The number of ketones is 1. The molecule has 7 nitrogen and oxygen atoms in total. The molecule has 7 heteroatoms. The molecule has 1 saturated heterocycles. The summed E-state index contributed by atoms with van der Waals surface area (Å²) in [6.07, 6.45) is 9.17. The summed E-state index contributed by atoms with van der Waals surface area (Å²) in [6, 6.07) is 8.38. The summed E-state index contributed by atoms with van der Waals surface area (Å²) in [7, 11) is 2.02. The van der Waals surface area contributed by atoms with Gasteiger partial charge < -0.3 is 8.98 Å². The van der Waals surface area contributed by atoms with Crippen molar-refractivity contribution in [3.05, 3.63) is 66.5 Å². The number of hydrogen-bond acceptors (Lipinski definition) is 6. The number of hydrogen-bond donors (Lipinski definition) is 0. The van der Waals surface area contributed by atoms with Crippen LogP contribution in [0.2, 0.25) is 0 Å². The molecule has 1 fully saturated rings. The van der Waals surface area contributed by atoms with Gasteiger partial charge in [-0.3, -0.25) is 14.7 Å². The third kappa shape index (κ3) is 4.21. The van der Waals surface area contributed by atoms with E-state index in [2.05, 4.69) is 48.7 Å². The van der Waals surface area contributed by atoms with Crippen LogP contribution in [0.15, 0.2) is 53.5 Å². The maximum Gasteiger partial charge on any atom is 0.208 e. The van der Waals surface area contributed by atoms with Crippen molar-refractivity contribution in [3.63, 3.8) is 0 Å². The monoisotopic (exact) mass is 429 g/mol. The molecule has 1 aliphatic rings. The minimum Gasteiger partial charge on any atom is -0.448 e. The molecule has 0 saturated carbocycles. The third-order valence-corrected chi connectivity index (χ3v) is 6.54. The molecule has 0 spiro atoms. The number of fused-ring (bicyclic) bond motifs is 1. The predicted molar refractivity (Wildman–Crippen MR) is 122 cm³/mol. The number of oxazole rings is 1. The zero-order chi connectivity index (χ0) is 22.1. The van der Waals surface area contributed by atoms with Crippen molar-refractivity contribution >= 4 is 16.6 Å². The second kappa shape index (κ2) is 8.67. The maximum atomic E-state index is 13.0. The lowest BCUT2D eigenvalue weighted by Gasteiger charge is -2.30. The molecule has 4 aromatic rings. The number of benzene rings is 1. The summed E-state index contributed by atoms with van der Waals surface area (Å²) < 4.78 is 7.42. The Labute approximate surface area is 187 Å². The van der Waals surface area contributed by atoms with Gasteiger partial charge in [0.2, 0.25) is 5.89 Å². The number of imidazole rings is 1. The zero-order valence-electron chi connectivity index (χ0n) is 18.5. The van der Waals surface area contributed by atoms with Crippen LogP contribution in [-0.4, -0.2) is 43.3 Å². The van der Waals surface area contributed by atoms with Crippen molar-refractivity contribution in [1.82, 2.24) is 24.4 Å². The van der Waals surface area contributed by atoms with Crippen LogP contribution in [0, 0.1) is 12.8 Å². The first kappa shape index (κ1) is 20.6. The first-order valence-electron chi connectivity index (χ1n) is 11.1. The van der Waals surface area contributed by atoms with E-state index in [1.807, 2.05) is 26.4 Å². The Bertz CT molecular complexity index is 1240. The van der Waals surface area contributed by atoms with Gasteiger partial charge in [-0.05, 0) is 50.4 Å². The number of piperidine rings is 1. The second-order valence-corrected chi connectivity index (χ2v) is 8.61. The number of nitrogens with zero attached hydrogens (tertiary/aromatic N) is 5. The fourth-order valence-corrected chi connectivity index (χ4v) is 4.47. The Morgan fingerprint density at radius 1 is 1.09 bits per heavy atom. The number of Topliss-reactive ketones (excluding diaryl/α,β-unsaturated/α-hetero) is 1. The second-order valence-electron chi connectivity index (χ2n) is 8.61. The fourth-order valence-electron chi connectivity index (χ4n) is 4.47. The lowest BCUT2D eigenvalue weighted by Crippen LogP contribution is -2.36. The standard InChI is InChI=1S/C25H27N5O2/c1-17-27-15-23(29(17)2)19-3-4-20-14-28-22(12-21(20)11-19)13-24(31)18-5-8-30(9-6-18)16-25-26-7-10-32-25/h3-4,7,10-12,14-15,18H,5-6,8-9,13,16H2,1-2H3. The van der Waals surface area contributed by atoms with Gasteiger partial charge in [0.05, 0.1) is 24.6 Å². The van der Waals surface area contributed by atoms with Crippen molar-refractivity contribution in [2.45, 2.75) is 32.7 Å². The highest BCUT2D eigenvalue weighted by Gasteiger charge is 2.25. The number of rotatable bonds is 6. The number of aryl methyl sites for hydroxylation is 1. The molecule has 1 aliphatic heterocycles. The van der Waals surface area contributed by atoms with Crippen molar-refractivity contribution < 1.29 is 9.21 Å². The first-order chi connectivity index (χ1) is 15.6. The summed E-state index contributed by atoms with van der Waals surface area (Å²) in [5.74, 6) is 2.09. The summed E-state index contributed by atoms with van der Waals surface area (Å²) >= 11 is 0. The third-order valence-electron chi connectivity index (χ3n) is 6.54. The molecule has 0 radical (unpaired) electrons. The van der Waals surface area contributed by atoms with E-state index < -0.39 is 0 Å². The topological polar surface area (TPSA) is 77.1 Å². The molecule has 0 bridgehead atoms. The number of carbonyl (C=O) groups excluding carboxylic acids is 1. The highest BCUT2D eigenvalue weighted by Crippen LogP contribution is 2.26. The van der Waals surface area contributed by atoms with Crippen LogP contribution in [0.1, 0.15) is 30.3 Å². The van der Waals surface area contributed by atoms with Crippen LogP contribution >= 0.6 is 0 Å². The molecule has 0 amide bonds. The molecule has 32 heavy (non-hydrogen) atoms. The average Bonchev–Trinajstić information content (AvgIpc) is 3.43. The molecule has 0 atom stereocenters. The molecule has 0 N–H and O–H groups in total.